The highest BCUT2D eigenvalue weighted by Gasteiger charge is 2.43. The first-order chi connectivity index (χ1) is 18.0. The second-order valence-electron chi connectivity index (χ2n) is 9.69. The zero-order valence-electron chi connectivity index (χ0n) is 21.0. The summed E-state index contributed by atoms with van der Waals surface area (Å²) in [4.78, 5) is 40.1. The quantitative estimate of drug-likeness (QED) is 0.534. The van der Waals surface area contributed by atoms with E-state index in [-0.39, 0.29) is 24.5 Å². The van der Waals surface area contributed by atoms with Crippen LogP contribution < -0.4 is 9.47 Å². The minimum absolute atomic E-state index is 0.0277. The number of nitrogens with zero attached hydrogens (tertiary/aromatic N) is 1. The number of carbonyl (C=O) groups excluding carboxylic acids is 2. The van der Waals surface area contributed by atoms with Crippen molar-refractivity contribution in [3.63, 3.8) is 0 Å². The van der Waals surface area contributed by atoms with Crippen LogP contribution in [0.2, 0.25) is 0 Å². The van der Waals surface area contributed by atoms with Crippen molar-refractivity contribution in [2.45, 2.75) is 57.5 Å². The fraction of sp³-hybridized carbons (Fsp3) is 0.367. The summed E-state index contributed by atoms with van der Waals surface area (Å²) in [6.07, 6.45) is 3.62. The maximum absolute atomic E-state index is 13.4. The van der Waals surface area contributed by atoms with Gasteiger partial charge in [0.25, 0.3) is 0 Å². The third kappa shape index (κ3) is 4.90. The lowest BCUT2D eigenvalue weighted by molar-refractivity contribution is -0.137. The molecular formula is C30H31NO6. The molecule has 0 amide bonds. The summed E-state index contributed by atoms with van der Waals surface area (Å²) in [6, 6.07) is 15.5. The van der Waals surface area contributed by atoms with Gasteiger partial charge >= 0.3 is 5.97 Å². The van der Waals surface area contributed by atoms with Gasteiger partial charge in [-0.3, -0.25) is 14.4 Å². The Morgan fingerprint density at radius 3 is 2.16 bits per heavy atom. The van der Waals surface area contributed by atoms with E-state index in [2.05, 4.69) is 0 Å². The minimum atomic E-state index is -0.897. The molecule has 192 valence electrons. The van der Waals surface area contributed by atoms with E-state index in [1.165, 1.54) is 0 Å². The third-order valence-corrected chi connectivity index (χ3v) is 7.39. The SMILES string of the molecule is COc1cc(C2C3=C(CCCC3=O)N(CCC(=O)O)C3=C2C(=O)CCC3)ccc1OCc1ccccc1. The van der Waals surface area contributed by atoms with E-state index >= 15 is 0 Å². The van der Waals surface area contributed by atoms with Gasteiger partial charge in [0.15, 0.2) is 23.1 Å². The Labute approximate surface area is 216 Å². The highest BCUT2D eigenvalue weighted by Crippen LogP contribution is 2.50. The lowest BCUT2D eigenvalue weighted by Gasteiger charge is -2.44. The second kappa shape index (κ2) is 10.6. The molecule has 2 aromatic carbocycles. The Morgan fingerprint density at radius 1 is 0.919 bits per heavy atom. The average molecular weight is 502 g/mol. The molecule has 37 heavy (non-hydrogen) atoms. The number of aliphatic carboxylic acids is 1. The second-order valence-corrected chi connectivity index (χ2v) is 9.69. The van der Waals surface area contributed by atoms with Crippen LogP contribution in [0, 0.1) is 0 Å². The van der Waals surface area contributed by atoms with Gasteiger partial charge in [-0.05, 0) is 48.9 Å². The van der Waals surface area contributed by atoms with Crippen molar-refractivity contribution in [2.24, 2.45) is 0 Å². The van der Waals surface area contributed by atoms with Gasteiger partial charge in [-0.2, -0.15) is 0 Å². The summed E-state index contributed by atoms with van der Waals surface area (Å²) in [6.45, 7) is 0.649. The van der Waals surface area contributed by atoms with E-state index < -0.39 is 11.9 Å². The first-order valence-electron chi connectivity index (χ1n) is 12.8. The molecule has 2 aliphatic carbocycles. The van der Waals surface area contributed by atoms with Crippen molar-refractivity contribution in [1.82, 2.24) is 4.90 Å². The lowest BCUT2D eigenvalue weighted by Crippen LogP contribution is -2.39. The molecule has 0 spiro atoms. The van der Waals surface area contributed by atoms with E-state index in [9.17, 15) is 19.5 Å². The number of carbonyl (C=O) groups is 3. The molecule has 0 radical (unpaired) electrons. The summed E-state index contributed by atoms with van der Waals surface area (Å²) >= 11 is 0. The highest BCUT2D eigenvalue weighted by atomic mass is 16.5. The van der Waals surface area contributed by atoms with Crippen LogP contribution in [0.5, 0.6) is 11.5 Å². The van der Waals surface area contributed by atoms with Crippen molar-refractivity contribution in [3.05, 3.63) is 82.2 Å². The van der Waals surface area contributed by atoms with E-state index in [4.69, 9.17) is 9.47 Å². The summed E-state index contributed by atoms with van der Waals surface area (Å²) in [5, 5.41) is 9.35. The number of carboxylic acid groups (broad SMARTS) is 1. The van der Waals surface area contributed by atoms with Crippen LogP contribution in [-0.2, 0) is 21.0 Å². The Hall–Kier alpha value is -3.87. The van der Waals surface area contributed by atoms with Crippen LogP contribution in [0.15, 0.2) is 71.1 Å². The molecule has 7 nitrogen and oxygen atoms in total. The number of rotatable bonds is 8. The van der Waals surface area contributed by atoms with Crippen LogP contribution >= 0.6 is 0 Å². The monoisotopic (exact) mass is 501 g/mol. The number of ether oxygens (including phenoxy) is 2. The van der Waals surface area contributed by atoms with Gasteiger partial charge in [-0.15, -0.1) is 0 Å². The molecule has 0 unspecified atom stereocenters. The molecule has 3 aliphatic rings. The van der Waals surface area contributed by atoms with Crippen molar-refractivity contribution < 1.29 is 29.0 Å². The molecule has 7 heteroatoms. The number of Topliss-reactive ketones (excluding diaryl/α,β-unsaturated/α-hetero) is 2. The third-order valence-electron chi connectivity index (χ3n) is 7.39. The Morgan fingerprint density at radius 2 is 1.57 bits per heavy atom. The Balaban J connectivity index is 1.56. The molecule has 0 saturated heterocycles. The van der Waals surface area contributed by atoms with Crippen molar-refractivity contribution in [1.29, 1.82) is 0 Å². The normalized spacial score (nSPS) is 18.0. The van der Waals surface area contributed by atoms with Crippen molar-refractivity contribution in [3.8, 4) is 11.5 Å². The summed E-state index contributed by atoms with van der Waals surface area (Å²) in [5.74, 6) is -0.199. The first kappa shape index (κ1) is 24.8. The predicted octanol–water partition coefficient (Wildman–Crippen LogP) is 5.16. The summed E-state index contributed by atoms with van der Waals surface area (Å²) in [5.41, 5.74) is 4.86. The molecule has 1 N–H and O–H groups in total. The number of hydrogen-bond acceptors (Lipinski definition) is 6. The van der Waals surface area contributed by atoms with Gasteiger partial charge in [-0.1, -0.05) is 36.4 Å². The van der Waals surface area contributed by atoms with Gasteiger partial charge in [0.05, 0.1) is 13.5 Å². The molecule has 5 rings (SSSR count). The van der Waals surface area contributed by atoms with E-state index in [1.807, 2.05) is 53.4 Å². The zero-order chi connectivity index (χ0) is 25.9. The van der Waals surface area contributed by atoms with Crippen LogP contribution in [0.25, 0.3) is 0 Å². The molecule has 0 fully saturated rings. The number of hydrogen-bond donors (Lipinski definition) is 1. The van der Waals surface area contributed by atoms with E-state index in [1.54, 1.807) is 7.11 Å². The van der Waals surface area contributed by atoms with E-state index in [0.717, 1.165) is 35.4 Å². The molecule has 0 bridgehead atoms. The maximum Gasteiger partial charge on any atom is 0.305 e. The fourth-order valence-electron chi connectivity index (χ4n) is 5.75. The lowest BCUT2D eigenvalue weighted by atomic mass is 9.71. The number of allylic oxidation sites excluding steroid dienone is 4. The number of ketones is 2. The van der Waals surface area contributed by atoms with Gasteiger partial charge in [0.2, 0.25) is 0 Å². The topological polar surface area (TPSA) is 93.1 Å². The van der Waals surface area contributed by atoms with Crippen molar-refractivity contribution in [2.75, 3.05) is 13.7 Å². The largest absolute Gasteiger partial charge is 0.493 e. The fourth-order valence-corrected chi connectivity index (χ4v) is 5.75. The first-order valence-corrected chi connectivity index (χ1v) is 12.8. The zero-order valence-corrected chi connectivity index (χ0v) is 21.0. The van der Waals surface area contributed by atoms with Gasteiger partial charge in [0.1, 0.15) is 6.61 Å². The van der Waals surface area contributed by atoms with Crippen LogP contribution in [0.1, 0.15) is 62.0 Å². The average Bonchev–Trinajstić information content (AvgIpc) is 2.91. The highest BCUT2D eigenvalue weighted by molar-refractivity contribution is 6.06. The maximum atomic E-state index is 13.4. The van der Waals surface area contributed by atoms with Crippen LogP contribution in [-0.4, -0.2) is 41.2 Å². The molecule has 2 aromatic rings. The summed E-state index contributed by atoms with van der Waals surface area (Å²) < 4.78 is 11.7. The summed E-state index contributed by atoms with van der Waals surface area (Å²) in [7, 11) is 1.58. The molecule has 0 atom stereocenters. The molecular weight excluding hydrogens is 470 g/mol. The van der Waals surface area contributed by atoms with E-state index in [0.29, 0.717) is 54.9 Å². The molecule has 1 heterocycles. The number of benzene rings is 2. The molecule has 1 aliphatic heterocycles. The smallest absolute Gasteiger partial charge is 0.305 e. The van der Waals surface area contributed by atoms with Gasteiger partial charge < -0.3 is 19.5 Å². The standard InChI is InChI=1S/C30H31NO6/c1-36-26-17-20(13-14-25(26)37-18-19-7-3-2-4-8-19)28-29-21(9-5-11-23(29)32)31(16-15-27(34)35)22-10-6-12-24(33)30(22)28/h2-4,7-8,13-14,17,28H,5-6,9-12,15-16,18H2,1H3,(H,34,35). The number of carboxylic acids is 1. The molecule has 0 aromatic heterocycles. The van der Waals surface area contributed by atoms with Crippen molar-refractivity contribution >= 4 is 17.5 Å². The predicted molar refractivity (Wildman–Crippen MR) is 137 cm³/mol. The Kier molecular flexibility index (Phi) is 7.12. The van der Waals surface area contributed by atoms with Crippen LogP contribution in [0.4, 0.5) is 0 Å². The van der Waals surface area contributed by atoms with Gasteiger partial charge in [0, 0.05) is 47.8 Å². The van der Waals surface area contributed by atoms with Crippen LogP contribution in [0.3, 0.4) is 0 Å². The molecule has 0 saturated carbocycles. The van der Waals surface area contributed by atoms with Gasteiger partial charge in [-0.25, -0.2) is 0 Å². The minimum Gasteiger partial charge on any atom is -0.493 e. The Bertz CT molecular complexity index is 1250. The number of methoxy groups -OCH3 is 1.